The monoisotopic (exact) mass is 1070 g/mol. The van der Waals surface area contributed by atoms with Gasteiger partial charge in [0.15, 0.2) is 0 Å². The number of nitrogens with two attached hydrogens (primary N) is 1. The van der Waals surface area contributed by atoms with Crippen molar-refractivity contribution >= 4 is 29.8 Å². The first-order valence-electron chi connectivity index (χ1n) is 30.0. The van der Waals surface area contributed by atoms with Crippen molar-refractivity contribution < 1.29 is 14.6 Å². The summed E-state index contributed by atoms with van der Waals surface area (Å²) >= 11 is -4.16. The van der Waals surface area contributed by atoms with E-state index in [1.165, 1.54) is 257 Å². The van der Waals surface area contributed by atoms with Crippen LogP contribution in [-0.2, 0) is 35.4 Å². The van der Waals surface area contributed by atoms with Crippen molar-refractivity contribution in [1.82, 2.24) is 0 Å². The minimum Gasteiger partial charge on any atom is -0.230 e. The number of primary sulfonamides is 1. The molecule has 0 heterocycles. The van der Waals surface area contributed by atoms with E-state index >= 15 is 0 Å². The van der Waals surface area contributed by atoms with E-state index in [9.17, 15) is 14.6 Å². The fourth-order valence-electron chi connectivity index (χ4n) is 10.5. The van der Waals surface area contributed by atoms with Gasteiger partial charge in [-0.25, -0.2) is 19.7 Å². The summed E-state index contributed by atoms with van der Waals surface area (Å²) in [7, 11) is -4.21. The third-order valence-corrected chi connectivity index (χ3v) is 18.3. The lowest BCUT2D eigenvalue weighted by molar-refractivity contribution is 0.528. The van der Waals surface area contributed by atoms with E-state index in [1.54, 1.807) is 0 Å². The Kier molecular flexibility index (Phi) is 46.0. The van der Waals surface area contributed by atoms with Crippen LogP contribution in [0.4, 0.5) is 0 Å². The van der Waals surface area contributed by atoms with E-state index in [0.29, 0.717) is 24.0 Å². The minimum atomic E-state index is -4.21. The highest BCUT2D eigenvalue weighted by Crippen LogP contribution is 2.36. The molecule has 0 spiro atoms. The van der Waals surface area contributed by atoms with E-state index in [0.717, 1.165) is 63.4 Å². The topological polar surface area (TPSA) is 94.3 Å². The molecule has 0 atom stereocenters. The maximum absolute atomic E-state index is 13.4. The highest BCUT2D eigenvalue weighted by Gasteiger charge is 2.28. The minimum absolute atomic E-state index is 0.0378. The Labute approximate surface area is 426 Å². The number of benzene rings is 1. The fourth-order valence-corrected chi connectivity index (χ4v) is 14.5. The summed E-state index contributed by atoms with van der Waals surface area (Å²) in [5, 5.41) is 6.00. The molecule has 1 rings (SSSR count). The molecule has 5 nitrogen and oxygen atoms in total. The van der Waals surface area contributed by atoms with Gasteiger partial charge in [0.05, 0.1) is 3.57 Å². The van der Waals surface area contributed by atoms with Crippen molar-refractivity contribution in [1.29, 1.82) is 0 Å². The zero-order valence-corrected chi connectivity index (χ0v) is 48.1. The molecule has 396 valence electrons. The maximum atomic E-state index is 13.4. The van der Waals surface area contributed by atoms with Gasteiger partial charge in [0, 0.05) is 0 Å². The Morgan fingerprint density at radius 1 is 0.328 bits per heavy atom. The number of hydrogen-bond acceptors (Lipinski definition) is 4. The number of hydrogen-bond donors (Lipinski definition) is 1. The average Bonchev–Trinajstić information content (AvgIpc) is 3.30. The molecular formula is C60H114INO4S. The zero-order valence-electron chi connectivity index (χ0n) is 45.1. The van der Waals surface area contributed by atoms with Crippen LogP contribution in [0, 0.1) is 3.57 Å². The standard InChI is InChI=1S/C60H114INO4S/c1-4-7-10-13-16-19-22-25-28-31-34-37-40-43-46-49-52-56-55-57(53-50-47-44-41-38-35-32-29-26-23-20-17-14-11-8-5-2)59(61(63)64)60(67(62,65)66)58(56)54-51-48-45-42-39-36-33-30-27-24-21-18-15-12-9-6-3/h55H,4-54H2,1-3H3,(H2,62,65,66). The van der Waals surface area contributed by atoms with Crippen molar-refractivity contribution in [2.24, 2.45) is 5.14 Å². The summed E-state index contributed by atoms with van der Waals surface area (Å²) in [6, 6.07) is 2.11. The Bertz CT molecular complexity index is 1420. The first kappa shape index (κ1) is 64.5. The number of rotatable bonds is 53. The third-order valence-electron chi connectivity index (χ3n) is 14.8. The molecule has 0 fully saturated rings. The Hall–Kier alpha value is -0.540. The van der Waals surface area contributed by atoms with Crippen LogP contribution in [0.5, 0.6) is 0 Å². The molecule has 0 aliphatic rings. The van der Waals surface area contributed by atoms with Gasteiger partial charge in [-0.15, -0.1) is 0 Å². The van der Waals surface area contributed by atoms with Crippen molar-refractivity contribution in [3.05, 3.63) is 26.3 Å². The summed E-state index contributed by atoms with van der Waals surface area (Å²) in [4.78, 5) is -0.0378. The van der Waals surface area contributed by atoms with E-state index in [4.69, 9.17) is 5.14 Å². The van der Waals surface area contributed by atoms with Crippen LogP contribution in [0.1, 0.15) is 346 Å². The van der Waals surface area contributed by atoms with Crippen LogP contribution < -0.4 is 5.14 Å². The number of sulfonamides is 1. The highest BCUT2D eigenvalue weighted by molar-refractivity contribution is 14.2. The van der Waals surface area contributed by atoms with E-state index < -0.39 is 29.8 Å². The second kappa shape index (κ2) is 47.8. The van der Waals surface area contributed by atoms with Gasteiger partial charge in [-0.05, 0) is 55.2 Å². The molecule has 7 heteroatoms. The highest BCUT2D eigenvalue weighted by atomic mass is 127. The van der Waals surface area contributed by atoms with Crippen LogP contribution in [0.3, 0.4) is 0 Å². The molecule has 0 amide bonds. The second-order valence-electron chi connectivity index (χ2n) is 21.2. The lowest BCUT2D eigenvalue weighted by Crippen LogP contribution is -2.19. The predicted octanol–water partition coefficient (Wildman–Crippen LogP) is 21.1. The Morgan fingerprint density at radius 2 is 0.537 bits per heavy atom. The van der Waals surface area contributed by atoms with Gasteiger partial charge in [-0.2, -0.15) is 0 Å². The molecule has 0 unspecified atom stereocenters. The molecule has 2 N–H and O–H groups in total. The molecule has 0 aliphatic heterocycles. The van der Waals surface area contributed by atoms with Crippen molar-refractivity contribution in [2.45, 2.75) is 353 Å². The second-order valence-corrected chi connectivity index (χ2v) is 25.1. The average molecular weight is 1070 g/mol. The molecule has 67 heavy (non-hydrogen) atoms. The first-order valence-corrected chi connectivity index (χ1v) is 34.4. The molecule has 1 aromatic carbocycles. The van der Waals surface area contributed by atoms with Gasteiger partial charge in [-0.3, -0.25) is 0 Å². The molecule has 0 aromatic heterocycles. The lowest BCUT2D eigenvalue weighted by Gasteiger charge is -2.19. The van der Waals surface area contributed by atoms with Crippen LogP contribution in [0.2, 0.25) is 0 Å². The third kappa shape index (κ3) is 37.8. The van der Waals surface area contributed by atoms with Crippen LogP contribution >= 0.6 is 19.8 Å². The predicted molar refractivity (Wildman–Crippen MR) is 302 cm³/mol. The van der Waals surface area contributed by atoms with Crippen molar-refractivity contribution in [2.75, 3.05) is 0 Å². The maximum Gasteiger partial charge on any atom is 0.342 e. The Balaban J connectivity index is 2.71. The number of unbranched alkanes of at least 4 members (excludes halogenated alkanes) is 45. The quantitative estimate of drug-likeness (QED) is 0.0519. The molecule has 0 radical (unpaired) electrons. The Morgan fingerprint density at radius 3 is 0.761 bits per heavy atom. The summed E-state index contributed by atoms with van der Waals surface area (Å²) in [5.41, 5.74) is 2.48. The van der Waals surface area contributed by atoms with Crippen molar-refractivity contribution in [3.8, 4) is 0 Å². The number of halogens is 1. The van der Waals surface area contributed by atoms with E-state index in [-0.39, 0.29) is 8.47 Å². The smallest absolute Gasteiger partial charge is 0.230 e. The molecule has 1 aromatic rings. The summed E-state index contributed by atoms with van der Waals surface area (Å²) in [6.07, 6.45) is 64.4. The van der Waals surface area contributed by atoms with Gasteiger partial charge in [0.25, 0.3) is 0 Å². The molecule has 0 saturated carbocycles. The van der Waals surface area contributed by atoms with Crippen molar-refractivity contribution in [3.63, 3.8) is 0 Å². The normalized spacial score (nSPS) is 12.0. The largest absolute Gasteiger partial charge is 0.342 e. The van der Waals surface area contributed by atoms with Gasteiger partial charge in [-0.1, -0.05) is 316 Å². The first-order chi connectivity index (χ1) is 32.8. The van der Waals surface area contributed by atoms with Gasteiger partial charge in [0.2, 0.25) is 10.0 Å². The van der Waals surface area contributed by atoms with E-state index in [2.05, 4.69) is 26.8 Å². The van der Waals surface area contributed by atoms with Gasteiger partial charge >= 0.3 is 19.8 Å². The summed E-state index contributed by atoms with van der Waals surface area (Å²) in [6.45, 7) is 6.85. The van der Waals surface area contributed by atoms with Crippen LogP contribution in [-0.4, -0.2) is 8.42 Å². The van der Waals surface area contributed by atoms with Crippen LogP contribution in [0.25, 0.3) is 0 Å². The molecule has 0 bridgehead atoms. The molecule has 0 aliphatic carbocycles. The van der Waals surface area contributed by atoms with E-state index in [1.807, 2.05) is 0 Å². The zero-order chi connectivity index (χ0) is 48.7. The fraction of sp³-hybridized carbons (Fsp3) is 0.900. The SMILES string of the molecule is CCCCCCCCCCCCCCCCCCc1cc(CCCCCCCCCCCCCCCCCC)c(I(=O)=O)c(S(N)(=O)=O)c1CCCCCCCCCCCCCCCCCC. The van der Waals surface area contributed by atoms with Gasteiger partial charge in [0.1, 0.15) is 4.90 Å². The molecular weight excluding hydrogens is 958 g/mol. The number of aryl methyl sites for hydroxylation is 2. The van der Waals surface area contributed by atoms with Crippen LogP contribution in [0.15, 0.2) is 11.0 Å². The van der Waals surface area contributed by atoms with Gasteiger partial charge < -0.3 is 0 Å². The summed E-state index contributed by atoms with van der Waals surface area (Å²) in [5.74, 6) is 0. The molecule has 0 saturated heterocycles. The lowest BCUT2D eigenvalue weighted by atomic mass is 9.92. The summed E-state index contributed by atoms with van der Waals surface area (Å²) < 4.78 is 53.1.